The number of hydrogen-bond acceptors (Lipinski definition) is 3. The first-order chi connectivity index (χ1) is 7.49. The average molecular weight is 227 g/mol. The van der Waals surface area contributed by atoms with E-state index < -0.39 is 0 Å². The molecule has 0 aliphatic heterocycles. The Kier molecular flexibility index (Phi) is 5.73. The van der Waals surface area contributed by atoms with Gasteiger partial charge in [0.05, 0.1) is 0 Å². The van der Waals surface area contributed by atoms with Crippen LogP contribution in [0, 0.1) is 5.92 Å². The molecule has 1 aliphatic carbocycles. The molecule has 1 saturated carbocycles. The Hall–Kier alpha value is -0.120. The molecule has 3 N–H and O–H groups in total. The first-order valence-corrected chi connectivity index (χ1v) is 6.64. The van der Waals surface area contributed by atoms with Crippen LogP contribution in [0.5, 0.6) is 0 Å². The van der Waals surface area contributed by atoms with Crippen molar-refractivity contribution in [3.8, 4) is 0 Å². The second kappa shape index (κ2) is 6.58. The van der Waals surface area contributed by atoms with E-state index in [9.17, 15) is 0 Å². The van der Waals surface area contributed by atoms with Crippen molar-refractivity contribution in [1.29, 1.82) is 0 Å². The molecule has 0 radical (unpaired) electrons. The Morgan fingerprint density at radius 1 is 1.31 bits per heavy atom. The molecule has 16 heavy (non-hydrogen) atoms. The van der Waals surface area contributed by atoms with Crippen LogP contribution in [0.1, 0.15) is 39.5 Å². The first-order valence-electron chi connectivity index (χ1n) is 6.64. The van der Waals surface area contributed by atoms with Crippen LogP contribution in [-0.2, 0) is 0 Å². The highest BCUT2D eigenvalue weighted by atomic mass is 15.1. The van der Waals surface area contributed by atoms with Gasteiger partial charge >= 0.3 is 0 Å². The van der Waals surface area contributed by atoms with Crippen LogP contribution in [-0.4, -0.2) is 43.7 Å². The van der Waals surface area contributed by atoms with Gasteiger partial charge in [0.25, 0.3) is 0 Å². The summed E-state index contributed by atoms with van der Waals surface area (Å²) in [6.45, 7) is 5.69. The maximum absolute atomic E-state index is 5.92. The van der Waals surface area contributed by atoms with Gasteiger partial charge in [-0.2, -0.15) is 0 Å². The van der Waals surface area contributed by atoms with Crippen LogP contribution in [0.2, 0.25) is 0 Å². The van der Waals surface area contributed by atoms with Crippen LogP contribution >= 0.6 is 0 Å². The molecule has 1 rings (SSSR count). The zero-order chi connectivity index (χ0) is 12.1. The lowest BCUT2D eigenvalue weighted by Gasteiger charge is -2.27. The van der Waals surface area contributed by atoms with Crippen molar-refractivity contribution < 1.29 is 0 Å². The SMILES string of the molecule is CC(C)CC(CNC1CCC(N)C1)N(C)C. The summed E-state index contributed by atoms with van der Waals surface area (Å²) in [5, 5.41) is 3.68. The van der Waals surface area contributed by atoms with Crippen molar-refractivity contribution in [2.45, 2.75) is 57.7 Å². The third-order valence-electron chi connectivity index (χ3n) is 3.59. The maximum Gasteiger partial charge on any atom is 0.0217 e. The van der Waals surface area contributed by atoms with Gasteiger partial charge < -0.3 is 16.0 Å². The largest absolute Gasteiger partial charge is 0.328 e. The normalized spacial score (nSPS) is 27.9. The van der Waals surface area contributed by atoms with E-state index in [1.807, 2.05) is 0 Å². The molecule has 0 spiro atoms. The van der Waals surface area contributed by atoms with Crippen molar-refractivity contribution in [3.63, 3.8) is 0 Å². The summed E-state index contributed by atoms with van der Waals surface area (Å²) in [7, 11) is 4.35. The monoisotopic (exact) mass is 227 g/mol. The van der Waals surface area contributed by atoms with E-state index in [4.69, 9.17) is 5.73 Å². The van der Waals surface area contributed by atoms with Gasteiger partial charge in [0.2, 0.25) is 0 Å². The van der Waals surface area contributed by atoms with Gasteiger partial charge in [-0.1, -0.05) is 13.8 Å². The van der Waals surface area contributed by atoms with E-state index in [2.05, 4.69) is 38.2 Å². The highest BCUT2D eigenvalue weighted by molar-refractivity contribution is 4.84. The highest BCUT2D eigenvalue weighted by Crippen LogP contribution is 2.17. The average Bonchev–Trinajstić information content (AvgIpc) is 2.58. The van der Waals surface area contributed by atoms with Gasteiger partial charge in [0, 0.05) is 24.7 Å². The third kappa shape index (κ3) is 4.81. The molecule has 0 saturated heterocycles. The van der Waals surface area contributed by atoms with Crippen molar-refractivity contribution in [2.75, 3.05) is 20.6 Å². The molecule has 0 heterocycles. The van der Waals surface area contributed by atoms with Gasteiger partial charge in [-0.15, -0.1) is 0 Å². The molecule has 96 valence electrons. The van der Waals surface area contributed by atoms with E-state index in [0.717, 1.165) is 18.9 Å². The van der Waals surface area contributed by atoms with Gasteiger partial charge in [-0.05, 0) is 45.7 Å². The van der Waals surface area contributed by atoms with Crippen LogP contribution in [0.3, 0.4) is 0 Å². The van der Waals surface area contributed by atoms with E-state index in [1.54, 1.807) is 0 Å². The van der Waals surface area contributed by atoms with Crippen molar-refractivity contribution in [1.82, 2.24) is 10.2 Å². The summed E-state index contributed by atoms with van der Waals surface area (Å²) in [5.41, 5.74) is 5.92. The number of hydrogen-bond donors (Lipinski definition) is 2. The molecular weight excluding hydrogens is 198 g/mol. The van der Waals surface area contributed by atoms with Gasteiger partial charge in [-0.3, -0.25) is 0 Å². The van der Waals surface area contributed by atoms with E-state index in [-0.39, 0.29) is 0 Å². The molecule has 3 heteroatoms. The molecule has 0 bridgehead atoms. The third-order valence-corrected chi connectivity index (χ3v) is 3.59. The molecule has 0 aromatic rings. The van der Waals surface area contributed by atoms with Crippen molar-refractivity contribution >= 4 is 0 Å². The van der Waals surface area contributed by atoms with Crippen molar-refractivity contribution in [2.24, 2.45) is 11.7 Å². The molecule has 1 fully saturated rings. The smallest absolute Gasteiger partial charge is 0.0217 e. The Morgan fingerprint density at radius 2 is 2.00 bits per heavy atom. The highest BCUT2D eigenvalue weighted by Gasteiger charge is 2.22. The maximum atomic E-state index is 5.92. The molecule has 3 atom stereocenters. The second-order valence-corrected chi connectivity index (χ2v) is 5.93. The Labute approximate surface area is 101 Å². The summed E-state index contributed by atoms with van der Waals surface area (Å²) >= 11 is 0. The molecule has 1 aliphatic rings. The van der Waals surface area contributed by atoms with E-state index >= 15 is 0 Å². The predicted molar refractivity (Wildman–Crippen MR) is 70.5 cm³/mol. The lowest BCUT2D eigenvalue weighted by molar-refractivity contribution is 0.240. The van der Waals surface area contributed by atoms with E-state index in [1.165, 1.54) is 19.3 Å². The molecule has 0 aromatic heterocycles. The lowest BCUT2D eigenvalue weighted by atomic mass is 10.0. The summed E-state index contributed by atoms with van der Waals surface area (Å²) in [6.07, 6.45) is 4.86. The Balaban J connectivity index is 2.26. The minimum Gasteiger partial charge on any atom is -0.328 e. The van der Waals surface area contributed by atoms with Gasteiger partial charge in [-0.25, -0.2) is 0 Å². The Bertz CT molecular complexity index is 192. The fourth-order valence-corrected chi connectivity index (χ4v) is 2.53. The topological polar surface area (TPSA) is 41.3 Å². The zero-order valence-corrected chi connectivity index (χ0v) is 11.4. The minimum atomic E-state index is 0.431. The van der Waals surface area contributed by atoms with Gasteiger partial charge in [0.1, 0.15) is 0 Å². The predicted octanol–water partition coefficient (Wildman–Crippen LogP) is 1.43. The fraction of sp³-hybridized carbons (Fsp3) is 1.00. The van der Waals surface area contributed by atoms with E-state index in [0.29, 0.717) is 18.1 Å². The number of nitrogens with one attached hydrogen (secondary N) is 1. The zero-order valence-electron chi connectivity index (χ0n) is 11.4. The second-order valence-electron chi connectivity index (χ2n) is 5.93. The fourth-order valence-electron chi connectivity index (χ4n) is 2.53. The number of nitrogens with zero attached hydrogens (tertiary/aromatic N) is 1. The van der Waals surface area contributed by atoms with Crippen LogP contribution in [0.4, 0.5) is 0 Å². The molecular formula is C13H29N3. The van der Waals surface area contributed by atoms with Crippen LogP contribution in [0.25, 0.3) is 0 Å². The van der Waals surface area contributed by atoms with Crippen molar-refractivity contribution in [3.05, 3.63) is 0 Å². The number of rotatable bonds is 6. The molecule has 0 aromatic carbocycles. The summed E-state index contributed by atoms with van der Waals surface area (Å²) < 4.78 is 0. The van der Waals surface area contributed by atoms with Gasteiger partial charge in [0.15, 0.2) is 0 Å². The minimum absolute atomic E-state index is 0.431. The lowest BCUT2D eigenvalue weighted by Crippen LogP contribution is -2.42. The summed E-state index contributed by atoms with van der Waals surface area (Å²) in [4.78, 5) is 2.34. The number of nitrogens with two attached hydrogens (primary N) is 1. The summed E-state index contributed by atoms with van der Waals surface area (Å²) in [5.74, 6) is 0.764. The molecule has 3 nitrogen and oxygen atoms in total. The quantitative estimate of drug-likeness (QED) is 0.721. The standard InChI is InChI=1S/C13H29N3/c1-10(2)7-13(16(3)4)9-15-12-6-5-11(14)8-12/h10-13,15H,5-9,14H2,1-4H3. The summed E-state index contributed by atoms with van der Waals surface area (Å²) in [6, 6.07) is 1.74. The molecule has 0 amide bonds. The number of likely N-dealkylation sites (N-methyl/N-ethyl adjacent to an activating group) is 1. The van der Waals surface area contributed by atoms with Crippen LogP contribution in [0.15, 0.2) is 0 Å². The van der Waals surface area contributed by atoms with Crippen LogP contribution < -0.4 is 11.1 Å². The molecule has 3 unspecified atom stereocenters. The first kappa shape index (κ1) is 13.9. The Morgan fingerprint density at radius 3 is 2.44 bits per heavy atom.